The summed E-state index contributed by atoms with van der Waals surface area (Å²) in [6.07, 6.45) is 3.77. The molecule has 0 aromatic heterocycles. The minimum atomic E-state index is -0.0666. The van der Waals surface area contributed by atoms with Crippen LogP contribution >= 0.6 is 0 Å². The maximum absolute atomic E-state index is 2.54. The number of nitrogens with zero attached hydrogens (tertiary/aromatic N) is 2. The average molecular weight is 659 g/mol. The van der Waals surface area contributed by atoms with E-state index in [1.54, 1.807) is 0 Å². The van der Waals surface area contributed by atoms with Gasteiger partial charge in [-0.25, -0.2) is 0 Å². The van der Waals surface area contributed by atoms with Gasteiger partial charge < -0.3 is 9.80 Å². The molecule has 0 amide bonds. The first-order valence-electron chi connectivity index (χ1n) is 18.3. The van der Waals surface area contributed by atoms with Gasteiger partial charge in [0, 0.05) is 39.4 Å². The molecule has 51 heavy (non-hydrogen) atoms. The van der Waals surface area contributed by atoms with Crippen molar-refractivity contribution in [2.45, 2.75) is 44.9 Å². The molecular weight excluding hydrogens is 617 g/mol. The Balaban J connectivity index is 1.17. The molecule has 0 radical (unpaired) electrons. The van der Waals surface area contributed by atoms with Crippen LogP contribution in [0.5, 0.6) is 0 Å². The number of benzene rings is 7. The standard InChI is InChI=1S/C49H42N2/c1-49(2)43-22-13-12-21-42(43)48-44(49)23-14-24-45(48)51(41-19-10-5-11-20-41)47-34-36-26-30-37-29-25-35(27-31-38(47)32-28-36)33-46(37)50(39-15-6-3-7-16-39)40-17-8-4-9-18-40/h3-25,28-29,32-34H,26-27,30-31H2,1-2H3. The monoisotopic (exact) mass is 658 g/mol. The van der Waals surface area contributed by atoms with E-state index in [0.717, 1.165) is 25.7 Å². The topological polar surface area (TPSA) is 6.48 Å². The molecule has 0 atom stereocenters. The lowest BCUT2D eigenvalue weighted by Gasteiger charge is -2.31. The Morgan fingerprint density at radius 2 is 0.863 bits per heavy atom. The summed E-state index contributed by atoms with van der Waals surface area (Å²) in [4.78, 5) is 4.98. The van der Waals surface area contributed by atoms with Crippen molar-refractivity contribution in [1.29, 1.82) is 0 Å². The zero-order valence-electron chi connectivity index (χ0n) is 29.4. The number of aryl methyl sites for hydroxylation is 4. The van der Waals surface area contributed by atoms with Crippen molar-refractivity contribution >= 4 is 34.1 Å². The van der Waals surface area contributed by atoms with Crippen LogP contribution in [0.15, 0.2) is 170 Å². The Morgan fingerprint density at radius 1 is 0.392 bits per heavy atom. The van der Waals surface area contributed by atoms with Crippen LogP contribution in [-0.2, 0) is 31.1 Å². The molecule has 2 nitrogen and oxygen atoms in total. The van der Waals surface area contributed by atoms with Crippen molar-refractivity contribution in [3.8, 4) is 11.1 Å². The molecule has 12 rings (SSSR count). The first-order chi connectivity index (χ1) is 25.1. The number of anilines is 6. The number of fused-ring (bicyclic) bond motifs is 3. The third kappa shape index (κ3) is 5.52. The van der Waals surface area contributed by atoms with E-state index in [9.17, 15) is 0 Å². The van der Waals surface area contributed by atoms with Crippen LogP contribution in [-0.4, -0.2) is 0 Å². The van der Waals surface area contributed by atoms with Crippen LogP contribution in [0.25, 0.3) is 11.1 Å². The predicted molar refractivity (Wildman–Crippen MR) is 215 cm³/mol. The van der Waals surface area contributed by atoms with Gasteiger partial charge in [0.15, 0.2) is 0 Å². The number of para-hydroxylation sites is 3. The fraction of sp³-hybridized carbons (Fsp3) is 0.143. The first kappa shape index (κ1) is 31.1. The quantitative estimate of drug-likeness (QED) is 0.175. The summed E-state index contributed by atoms with van der Waals surface area (Å²) in [7, 11) is 0. The summed E-state index contributed by atoms with van der Waals surface area (Å²) in [6.45, 7) is 4.74. The zero-order chi connectivity index (χ0) is 34.4. The second-order valence-corrected chi connectivity index (χ2v) is 14.5. The highest BCUT2D eigenvalue weighted by Gasteiger charge is 2.38. The van der Waals surface area contributed by atoms with Gasteiger partial charge in [0.05, 0.1) is 5.69 Å². The second-order valence-electron chi connectivity index (χ2n) is 14.5. The van der Waals surface area contributed by atoms with E-state index in [0.29, 0.717) is 0 Å². The van der Waals surface area contributed by atoms with E-state index in [2.05, 4.69) is 194 Å². The van der Waals surface area contributed by atoms with Gasteiger partial charge in [0.2, 0.25) is 0 Å². The number of rotatable bonds is 6. The molecule has 7 aromatic carbocycles. The van der Waals surface area contributed by atoms with Gasteiger partial charge in [-0.3, -0.25) is 0 Å². The van der Waals surface area contributed by atoms with Crippen molar-refractivity contribution in [2.75, 3.05) is 9.80 Å². The molecule has 4 bridgehead atoms. The lowest BCUT2D eigenvalue weighted by Crippen LogP contribution is -2.17. The fourth-order valence-electron chi connectivity index (χ4n) is 8.41. The predicted octanol–water partition coefficient (Wildman–Crippen LogP) is 12.8. The highest BCUT2D eigenvalue weighted by Crippen LogP contribution is 2.54. The maximum Gasteiger partial charge on any atom is 0.0543 e. The molecule has 0 heterocycles. The van der Waals surface area contributed by atoms with Crippen molar-refractivity contribution in [3.63, 3.8) is 0 Å². The largest absolute Gasteiger partial charge is 0.310 e. The molecular formula is C49H42N2. The van der Waals surface area contributed by atoms with Gasteiger partial charge in [-0.05, 0) is 119 Å². The summed E-state index contributed by atoms with van der Waals surface area (Å²) >= 11 is 0. The van der Waals surface area contributed by atoms with Crippen molar-refractivity contribution in [1.82, 2.24) is 0 Å². The molecule has 0 N–H and O–H groups in total. The molecule has 0 aliphatic heterocycles. The van der Waals surface area contributed by atoms with Crippen molar-refractivity contribution < 1.29 is 0 Å². The minimum Gasteiger partial charge on any atom is -0.310 e. The molecule has 5 aliphatic rings. The van der Waals surface area contributed by atoms with Crippen LogP contribution in [0.1, 0.15) is 47.2 Å². The highest BCUT2D eigenvalue weighted by molar-refractivity contribution is 5.95. The SMILES string of the molecule is CC1(C)c2ccccc2-c2c(N(c3ccccc3)c3cc4ccc3CCc3ccc(c(N(c5ccccc5)c5ccccc5)c3)CC4)cccc21. The number of hydrogen-bond donors (Lipinski definition) is 0. The van der Waals surface area contributed by atoms with Gasteiger partial charge in [-0.2, -0.15) is 0 Å². The van der Waals surface area contributed by atoms with E-state index in [1.807, 2.05) is 0 Å². The molecule has 7 aromatic rings. The van der Waals surface area contributed by atoms with E-state index >= 15 is 0 Å². The Morgan fingerprint density at radius 3 is 1.43 bits per heavy atom. The molecule has 2 heteroatoms. The van der Waals surface area contributed by atoms with Crippen LogP contribution in [0.4, 0.5) is 34.1 Å². The summed E-state index contributed by atoms with van der Waals surface area (Å²) in [6, 6.07) is 62.9. The van der Waals surface area contributed by atoms with E-state index in [-0.39, 0.29) is 5.41 Å². The van der Waals surface area contributed by atoms with Gasteiger partial charge in [-0.1, -0.05) is 129 Å². The normalized spacial score (nSPS) is 13.9. The van der Waals surface area contributed by atoms with Gasteiger partial charge in [-0.15, -0.1) is 0 Å². The van der Waals surface area contributed by atoms with Crippen LogP contribution in [0.3, 0.4) is 0 Å². The van der Waals surface area contributed by atoms with Gasteiger partial charge in [0.25, 0.3) is 0 Å². The first-order valence-corrected chi connectivity index (χ1v) is 18.3. The van der Waals surface area contributed by atoms with Gasteiger partial charge >= 0.3 is 0 Å². The van der Waals surface area contributed by atoms with Crippen LogP contribution in [0, 0.1) is 0 Å². The summed E-state index contributed by atoms with van der Waals surface area (Å²) in [5.41, 5.74) is 18.2. The lowest BCUT2D eigenvalue weighted by atomic mass is 9.82. The molecule has 248 valence electrons. The molecule has 0 saturated carbocycles. The summed E-state index contributed by atoms with van der Waals surface area (Å²) in [5.74, 6) is 0. The van der Waals surface area contributed by atoms with E-state index in [1.165, 1.54) is 78.6 Å². The zero-order valence-corrected chi connectivity index (χ0v) is 29.4. The van der Waals surface area contributed by atoms with Gasteiger partial charge in [0.1, 0.15) is 0 Å². The van der Waals surface area contributed by atoms with E-state index < -0.39 is 0 Å². The average Bonchev–Trinajstić information content (AvgIpc) is 3.41. The molecule has 0 fully saturated rings. The smallest absolute Gasteiger partial charge is 0.0543 e. The Hall–Kier alpha value is -5.86. The summed E-state index contributed by atoms with van der Waals surface area (Å²) < 4.78 is 0. The van der Waals surface area contributed by atoms with E-state index in [4.69, 9.17) is 0 Å². The van der Waals surface area contributed by atoms with Crippen molar-refractivity contribution in [2.24, 2.45) is 0 Å². The molecule has 0 spiro atoms. The van der Waals surface area contributed by atoms with Crippen LogP contribution < -0.4 is 9.80 Å². The fourth-order valence-corrected chi connectivity index (χ4v) is 8.41. The summed E-state index contributed by atoms with van der Waals surface area (Å²) in [5, 5.41) is 0. The third-order valence-electron chi connectivity index (χ3n) is 11.0. The Bertz CT molecular complexity index is 2300. The second kappa shape index (κ2) is 12.8. The molecule has 0 unspecified atom stereocenters. The minimum absolute atomic E-state index is 0.0666. The highest BCUT2D eigenvalue weighted by atomic mass is 15.2. The van der Waals surface area contributed by atoms with Crippen LogP contribution in [0.2, 0.25) is 0 Å². The molecule has 0 saturated heterocycles. The Kier molecular flexibility index (Phi) is 7.81. The molecule has 5 aliphatic carbocycles. The Labute approximate surface area is 302 Å². The number of hydrogen-bond acceptors (Lipinski definition) is 2. The lowest BCUT2D eigenvalue weighted by molar-refractivity contribution is 0.660. The van der Waals surface area contributed by atoms with Crippen molar-refractivity contribution in [3.05, 3.63) is 203 Å². The maximum atomic E-state index is 2.54. The third-order valence-corrected chi connectivity index (χ3v) is 11.0.